The lowest BCUT2D eigenvalue weighted by Crippen LogP contribution is -2.28. The van der Waals surface area contributed by atoms with Crippen molar-refractivity contribution >= 4 is 0 Å². The molecule has 3 rings (SSSR count). The van der Waals surface area contributed by atoms with Gasteiger partial charge in [-0.05, 0) is 68.3 Å². The molecule has 2 fully saturated rings. The predicted molar refractivity (Wildman–Crippen MR) is 80.2 cm³/mol. The molecule has 2 N–H and O–H groups in total. The van der Waals surface area contributed by atoms with E-state index in [1.807, 2.05) is 0 Å². The Kier molecular flexibility index (Phi) is 3.90. The van der Waals surface area contributed by atoms with Gasteiger partial charge in [0.15, 0.2) is 0 Å². The van der Waals surface area contributed by atoms with Gasteiger partial charge in [-0.15, -0.1) is 0 Å². The lowest BCUT2D eigenvalue weighted by molar-refractivity contribution is 0.230. The van der Waals surface area contributed by atoms with E-state index >= 15 is 0 Å². The van der Waals surface area contributed by atoms with Crippen LogP contribution in [0.15, 0.2) is 24.3 Å². The maximum Gasteiger partial charge on any atom is 0.0388 e. The van der Waals surface area contributed by atoms with Gasteiger partial charge in [-0.2, -0.15) is 0 Å². The molecular weight excluding hydrogens is 232 g/mol. The molecule has 2 aliphatic rings. The first kappa shape index (κ1) is 13.1. The van der Waals surface area contributed by atoms with Crippen molar-refractivity contribution in [1.29, 1.82) is 0 Å². The number of likely N-dealkylation sites (tertiary alicyclic amines) is 1. The van der Waals surface area contributed by atoms with Gasteiger partial charge in [0.2, 0.25) is 0 Å². The van der Waals surface area contributed by atoms with E-state index in [0.717, 1.165) is 12.5 Å². The van der Waals surface area contributed by atoms with Crippen molar-refractivity contribution in [3.63, 3.8) is 0 Å². The third kappa shape index (κ3) is 2.70. The average Bonchev–Trinajstić information content (AvgIpc) is 3.21. The van der Waals surface area contributed by atoms with Crippen LogP contribution in [-0.4, -0.2) is 24.5 Å². The number of nitrogens with two attached hydrogens (primary N) is 1. The second-order valence-corrected chi connectivity index (χ2v) is 6.21. The molecule has 2 nitrogen and oxygen atoms in total. The molecule has 0 bridgehead atoms. The second kappa shape index (κ2) is 5.64. The highest BCUT2D eigenvalue weighted by atomic mass is 15.2. The van der Waals surface area contributed by atoms with Crippen LogP contribution in [0.2, 0.25) is 0 Å². The van der Waals surface area contributed by atoms with Crippen molar-refractivity contribution in [2.45, 2.75) is 44.6 Å². The van der Waals surface area contributed by atoms with Gasteiger partial charge in [-0.1, -0.05) is 31.2 Å². The summed E-state index contributed by atoms with van der Waals surface area (Å²) in [5, 5.41) is 0. The van der Waals surface area contributed by atoms with E-state index in [0.29, 0.717) is 12.0 Å². The molecule has 1 aromatic rings. The fourth-order valence-electron chi connectivity index (χ4n) is 3.61. The molecule has 2 heteroatoms. The monoisotopic (exact) mass is 258 g/mol. The van der Waals surface area contributed by atoms with Crippen molar-refractivity contribution in [2.24, 2.45) is 11.7 Å². The molecule has 1 aliphatic heterocycles. The Morgan fingerprint density at radius 1 is 1.21 bits per heavy atom. The Morgan fingerprint density at radius 2 is 2.00 bits per heavy atom. The summed E-state index contributed by atoms with van der Waals surface area (Å²) in [6.45, 7) is 5.51. The van der Waals surface area contributed by atoms with Gasteiger partial charge in [0, 0.05) is 6.04 Å². The molecule has 0 aromatic heterocycles. The van der Waals surface area contributed by atoms with Crippen LogP contribution in [0.5, 0.6) is 0 Å². The van der Waals surface area contributed by atoms with Crippen LogP contribution in [0.1, 0.15) is 55.7 Å². The summed E-state index contributed by atoms with van der Waals surface area (Å²) in [5.74, 6) is 1.48. The average molecular weight is 258 g/mol. The van der Waals surface area contributed by atoms with E-state index in [-0.39, 0.29) is 0 Å². The van der Waals surface area contributed by atoms with E-state index in [1.165, 1.54) is 44.3 Å². The summed E-state index contributed by atoms with van der Waals surface area (Å²) in [6, 6.07) is 9.88. The molecule has 0 amide bonds. The fraction of sp³-hybridized carbons (Fsp3) is 0.647. The molecule has 19 heavy (non-hydrogen) atoms. The highest BCUT2D eigenvalue weighted by molar-refractivity contribution is 5.32. The molecule has 0 spiro atoms. The van der Waals surface area contributed by atoms with Crippen molar-refractivity contribution in [2.75, 3.05) is 19.6 Å². The maximum atomic E-state index is 6.00. The summed E-state index contributed by atoms with van der Waals surface area (Å²) in [7, 11) is 0. The second-order valence-electron chi connectivity index (χ2n) is 6.21. The highest BCUT2D eigenvalue weighted by Crippen LogP contribution is 2.42. The summed E-state index contributed by atoms with van der Waals surface area (Å²) in [5.41, 5.74) is 9.06. The fourth-order valence-corrected chi connectivity index (χ4v) is 3.61. The van der Waals surface area contributed by atoms with Gasteiger partial charge < -0.3 is 5.73 Å². The van der Waals surface area contributed by atoms with E-state index in [1.54, 1.807) is 5.56 Å². The SMILES string of the molecule is CCCN1CCC(CN)C1c1cccc(C2CC2)c1. The Hall–Kier alpha value is -0.860. The molecule has 1 heterocycles. The van der Waals surface area contributed by atoms with E-state index < -0.39 is 0 Å². The molecule has 104 valence electrons. The summed E-state index contributed by atoms with van der Waals surface area (Å²) < 4.78 is 0. The molecule has 2 atom stereocenters. The van der Waals surface area contributed by atoms with Gasteiger partial charge in [-0.3, -0.25) is 4.90 Å². The van der Waals surface area contributed by atoms with Crippen molar-refractivity contribution in [3.05, 3.63) is 35.4 Å². The molecule has 0 radical (unpaired) electrons. The van der Waals surface area contributed by atoms with Crippen LogP contribution in [0.3, 0.4) is 0 Å². The lowest BCUT2D eigenvalue weighted by atomic mass is 9.92. The topological polar surface area (TPSA) is 29.3 Å². The van der Waals surface area contributed by atoms with Crippen LogP contribution in [0, 0.1) is 5.92 Å². The predicted octanol–water partition coefficient (Wildman–Crippen LogP) is 3.30. The first-order valence-corrected chi connectivity index (χ1v) is 7.87. The highest BCUT2D eigenvalue weighted by Gasteiger charge is 2.34. The van der Waals surface area contributed by atoms with Gasteiger partial charge in [-0.25, -0.2) is 0 Å². The third-order valence-corrected chi connectivity index (χ3v) is 4.74. The smallest absolute Gasteiger partial charge is 0.0388 e. The Balaban J connectivity index is 1.85. The molecule has 2 unspecified atom stereocenters. The number of rotatable bonds is 5. The van der Waals surface area contributed by atoms with E-state index in [9.17, 15) is 0 Å². The van der Waals surface area contributed by atoms with Crippen LogP contribution < -0.4 is 5.73 Å². The standard InChI is InChI=1S/C17H26N2/c1-2-9-19-10-8-16(12-18)17(19)15-5-3-4-14(11-15)13-6-7-13/h3-5,11,13,16-17H,2,6-10,12,18H2,1H3. The van der Waals surface area contributed by atoms with E-state index in [2.05, 4.69) is 36.1 Å². The van der Waals surface area contributed by atoms with Crippen molar-refractivity contribution in [3.8, 4) is 0 Å². The quantitative estimate of drug-likeness (QED) is 0.878. The molecular formula is C17H26N2. The van der Waals surface area contributed by atoms with Crippen LogP contribution >= 0.6 is 0 Å². The lowest BCUT2D eigenvalue weighted by Gasteiger charge is -2.28. The first-order valence-electron chi connectivity index (χ1n) is 7.87. The zero-order valence-electron chi connectivity index (χ0n) is 12.0. The van der Waals surface area contributed by atoms with Gasteiger partial charge >= 0.3 is 0 Å². The minimum atomic E-state index is 0.559. The van der Waals surface area contributed by atoms with Crippen LogP contribution in [-0.2, 0) is 0 Å². The maximum absolute atomic E-state index is 6.00. The summed E-state index contributed by atoms with van der Waals surface area (Å²) in [4.78, 5) is 2.64. The number of hydrogen-bond donors (Lipinski definition) is 1. The van der Waals surface area contributed by atoms with Gasteiger partial charge in [0.25, 0.3) is 0 Å². The summed E-state index contributed by atoms with van der Waals surface area (Å²) >= 11 is 0. The normalized spacial score (nSPS) is 27.9. The van der Waals surface area contributed by atoms with Crippen molar-refractivity contribution in [1.82, 2.24) is 4.90 Å². The number of benzene rings is 1. The third-order valence-electron chi connectivity index (χ3n) is 4.74. The molecule has 1 aliphatic carbocycles. The Bertz CT molecular complexity index is 425. The molecule has 1 aromatic carbocycles. The van der Waals surface area contributed by atoms with Gasteiger partial charge in [0.05, 0.1) is 0 Å². The minimum absolute atomic E-state index is 0.559. The molecule has 1 saturated carbocycles. The zero-order chi connectivity index (χ0) is 13.2. The van der Waals surface area contributed by atoms with Crippen molar-refractivity contribution < 1.29 is 0 Å². The van der Waals surface area contributed by atoms with Crippen LogP contribution in [0.4, 0.5) is 0 Å². The zero-order valence-corrected chi connectivity index (χ0v) is 12.0. The van der Waals surface area contributed by atoms with E-state index in [4.69, 9.17) is 5.73 Å². The molecule has 1 saturated heterocycles. The van der Waals surface area contributed by atoms with Gasteiger partial charge in [0.1, 0.15) is 0 Å². The largest absolute Gasteiger partial charge is 0.330 e. The Labute approximate surface area is 117 Å². The number of hydrogen-bond acceptors (Lipinski definition) is 2. The Morgan fingerprint density at radius 3 is 2.68 bits per heavy atom. The number of nitrogens with zero attached hydrogens (tertiary/aromatic N) is 1. The van der Waals surface area contributed by atoms with Crippen LogP contribution in [0.25, 0.3) is 0 Å². The summed E-state index contributed by atoms with van der Waals surface area (Å²) in [6.07, 6.45) is 5.26. The minimum Gasteiger partial charge on any atom is -0.330 e. The first-order chi connectivity index (χ1) is 9.33.